The maximum absolute atomic E-state index is 9.45. The quantitative estimate of drug-likeness (QED) is 0.766. The summed E-state index contributed by atoms with van der Waals surface area (Å²) in [6, 6.07) is 5.91. The summed E-state index contributed by atoms with van der Waals surface area (Å²) in [5.74, 6) is 1.54. The van der Waals surface area contributed by atoms with Crippen LogP contribution in [0.5, 0.6) is 0 Å². The molecular formula is C15H15N3O2. The molecule has 0 spiro atoms. The first-order valence-corrected chi connectivity index (χ1v) is 6.74. The number of imidazole rings is 1. The Bertz CT molecular complexity index is 783. The normalized spacial score (nSPS) is 16.7. The molecule has 1 fully saturated rings. The summed E-state index contributed by atoms with van der Waals surface area (Å²) in [7, 11) is 0. The minimum absolute atomic E-state index is 0.134. The summed E-state index contributed by atoms with van der Waals surface area (Å²) in [6.45, 7) is 1.99. The van der Waals surface area contributed by atoms with Crippen molar-refractivity contribution in [2.45, 2.75) is 25.2 Å². The maximum Gasteiger partial charge on any atom is 0.192 e. The molecule has 102 valence electrons. The second-order valence-electron chi connectivity index (χ2n) is 5.50. The molecule has 0 amide bonds. The van der Waals surface area contributed by atoms with Crippen molar-refractivity contribution in [2.75, 3.05) is 6.61 Å². The molecule has 0 aliphatic heterocycles. The highest BCUT2D eigenvalue weighted by atomic mass is 16.3. The lowest BCUT2D eigenvalue weighted by Crippen LogP contribution is -2.13. The molecule has 5 nitrogen and oxygen atoms in total. The molecule has 2 heterocycles. The van der Waals surface area contributed by atoms with Crippen molar-refractivity contribution in [1.29, 1.82) is 0 Å². The van der Waals surface area contributed by atoms with Crippen LogP contribution >= 0.6 is 0 Å². The summed E-state index contributed by atoms with van der Waals surface area (Å²) in [5.41, 5.74) is 3.46. The van der Waals surface area contributed by atoms with Gasteiger partial charge in [0.2, 0.25) is 0 Å². The highest BCUT2D eigenvalue weighted by Crippen LogP contribution is 2.46. The van der Waals surface area contributed by atoms with E-state index in [-0.39, 0.29) is 12.0 Å². The fraction of sp³-hybridized carbons (Fsp3) is 0.333. The number of aliphatic hydroxyl groups excluding tert-OH is 1. The highest BCUT2D eigenvalue weighted by molar-refractivity contribution is 5.79. The van der Waals surface area contributed by atoms with Gasteiger partial charge < -0.3 is 14.5 Å². The van der Waals surface area contributed by atoms with Crippen molar-refractivity contribution >= 4 is 11.1 Å². The van der Waals surface area contributed by atoms with E-state index in [1.807, 2.05) is 31.3 Å². The molecule has 20 heavy (non-hydrogen) atoms. The molecule has 2 N–H and O–H groups in total. The number of aryl methyl sites for hydroxylation is 1. The molecule has 3 aromatic rings. The van der Waals surface area contributed by atoms with Gasteiger partial charge in [0.05, 0.1) is 23.9 Å². The van der Waals surface area contributed by atoms with Crippen molar-refractivity contribution in [3.63, 3.8) is 0 Å². The Morgan fingerprint density at radius 1 is 1.40 bits per heavy atom. The first-order chi connectivity index (χ1) is 9.70. The number of hydrogen-bond donors (Lipinski definition) is 2. The van der Waals surface area contributed by atoms with Crippen LogP contribution in [0.2, 0.25) is 0 Å². The zero-order chi connectivity index (χ0) is 13.7. The fourth-order valence-corrected chi connectivity index (χ4v) is 2.57. The lowest BCUT2D eigenvalue weighted by Gasteiger charge is -2.06. The van der Waals surface area contributed by atoms with Crippen LogP contribution in [0.1, 0.15) is 24.6 Å². The van der Waals surface area contributed by atoms with E-state index in [1.54, 1.807) is 0 Å². The molecule has 0 unspecified atom stereocenters. The van der Waals surface area contributed by atoms with E-state index in [9.17, 15) is 5.11 Å². The Hall–Kier alpha value is -2.14. The Balaban J connectivity index is 1.75. The number of aliphatic hydroxyl groups is 1. The number of nitrogens with zero attached hydrogens (tertiary/aromatic N) is 2. The summed E-state index contributed by atoms with van der Waals surface area (Å²) in [4.78, 5) is 12.0. The molecule has 0 radical (unpaired) electrons. The van der Waals surface area contributed by atoms with E-state index in [1.165, 1.54) is 0 Å². The van der Waals surface area contributed by atoms with Gasteiger partial charge in [0, 0.05) is 12.5 Å². The lowest BCUT2D eigenvalue weighted by atomic mass is 10.1. The van der Waals surface area contributed by atoms with Crippen LogP contribution in [0, 0.1) is 6.92 Å². The Morgan fingerprint density at radius 2 is 2.25 bits per heavy atom. The molecule has 0 saturated heterocycles. The number of H-pyrrole nitrogens is 1. The molecule has 0 atom stereocenters. The van der Waals surface area contributed by atoms with Gasteiger partial charge in [-0.3, -0.25) is 0 Å². The van der Waals surface area contributed by atoms with Crippen molar-refractivity contribution < 1.29 is 9.52 Å². The number of hydrogen-bond acceptors (Lipinski definition) is 4. The Morgan fingerprint density at radius 3 is 3.00 bits per heavy atom. The van der Waals surface area contributed by atoms with Gasteiger partial charge >= 0.3 is 0 Å². The maximum atomic E-state index is 9.45. The first-order valence-electron chi connectivity index (χ1n) is 6.74. The number of rotatable bonds is 3. The van der Waals surface area contributed by atoms with Crippen LogP contribution < -0.4 is 0 Å². The van der Waals surface area contributed by atoms with E-state index < -0.39 is 0 Å². The van der Waals surface area contributed by atoms with Gasteiger partial charge in [-0.25, -0.2) is 9.97 Å². The van der Waals surface area contributed by atoms with Crippen LogP contribution in [0.25, 0.3) is 22.4 Å². The van der Waals surface area contributed by atoms with E-state index >= 15 is 0 Å². The van der Waals surface area contributed by atoms with Crippen LogP contribution in [0.15, 0.2) is 28.8 Å². The van der Waals surface area contributed by atoms with Gasteiger partial charge in [-0.15, -0.1) is 0 Å². The number of fused-ring (bicyclic) bond motifs is 1. The van der Waals surface area contributed by atoms with Crippen LogP contribution in [0.4, 0.5) is 0 Å². The third-order valence-electron chi connectivity index (χ3n) is 4.04. The van der Waals surface area contributed by atoms with Crippen molar-refractivity contribution in [3.8, 4) is 11.3 Å². The van der Waals surface area contributed by atoms with Gasteiger partial charge in [-0.2, -0.15) is 0 Å². The Kier molecular flexibility index (Phi) is 2.29. The van der Waals surface area contributed by atoms with Gasteiger partial charge in [-0.1, -0.05) is 6.07 Å². The lowest BCUT2D eigenvalue weighted by molar-refractivity contribution is 0.250. The number of aromatic nitrogens is 3. The van der Waals surface area contributed by atoms with Gasteiger partial charge in [0.1, 0.15) is 11.3 Å². The van der Waals surface area contributed by atoms with Crippen molar-refractivity contribution in [1.82, 2.24) is 15.0 Å². The zero-order valence-electron chi connectivity index (χ0n) is 11.2. The second kappa shape index (κ2) is 3.93. The molecular weight excluding hydrogens is 254 g/mol. The zero-order valence-corrected chi connectivity index (χ0v) is 11.2. The fourth-order valence-electron chi connectivity index (χ4n) is 2.57. The minimum Gasteiger partial charge on any atom is -0.441 e. The molecule has 1 saturated carbocycles. The third-order valence-corrected chi connectivity index (χ3v) is 4.04. The Labute approximate surface area is 115 Å². The van der Waals surface area contributed by atoms with E-state index in [0.717, 1.165) is 41.0 Å². The summed E-state index contributed by atoms with van der Waals surface area (Å²) in [5, 5.41) is 9.45. The molecule has 1 aliphatic rings. The highest BCUT2D eigenvalue weighted by Gasteiger charge is 2.46. The standard InChI is InChI=1S/C15H15N3O2/c1-9-17-11-3-2-10(6-13(11)20-9)12-7-16-14(18-12)15(8-19)4-5-15/h2-3,6-7,19H,4-5,8H2,1H3,(H,16,18). The average Bonchev–Trinajstić information content (AvgIpc) is 2.93. The largest absolute Gasteiger partial charge is 0.441 e. The number of aromatic amines is 1. The van der Waals surface area contributed by atoms with Crippen LogP contribution in [-0.4, -0.2) is 26.7 Å². The third kappa shape index (κ3) is 1.67. The van der Waals surface area contributed by atoms with Gasteiger partial charge in [-0.05, 0) is 25.0 Å². The topological polar surface area (TPSA) is 74.9 Å². The van der Waals surface area contributed by atoms with Crippen molar-refractivity contribution in [2.24, 2.45) is 0 Å². The number of oxazole rings is 1. The minimum atomic E-state index is -0.134. The van der Waals surface area contributed by atoms with Gasteiger partial charge in [0.15, 0.2) is 11.5 Å². The number of benzene rings is 1. The van der Waals surface area contributed by atoms with E-state index in [4.69, 9.17) is 4.42 Å². The summed E-state index contributed by atoms with van der Waals surface area (Å²) >= 11 is 0. The molecule has 1 aromatic carbocycles. The van der Waals surface area contributed by atoms with E-state index in [2.05, 4.69) is 15.0 Å². The molecule has 5 heteroatoms. The molecule has 2 aromatic heterocycles. The molecule has 4 rings (SSSR count). The predicted molar refractivity (Wildman–Crippen MR) is 74.3 cm³/mol. The predicted octanol–water partition coefficient (Wildman–Crippen LogP) is 2.55. The molecule has 0 bridgehead atoms. The number of nitrogens with one attached hydrogen (secondary N) is 1. The SMILES string of the molecule is Cc1nc2ccc(-c3cnc(C4(CO)CC4)[nH]3)cc2o1. The summed E-state index contributed by atoms with van der Waals surface area (Å²) < 4.78 is 5.55. The van der Waals surface area contributed by atoms with E-state index in [0.29, 0.717) is 5.89 Å². The smallest absolute Gasteiger partial charge is 0.192 e. The second-order valence-corrected chi connectivity index (χ2v) is 5.50. The first kappa shape index (κ1) is 11.7. The molecule has 1 aliphatic carbocycles. The monoisotopic (exact) mass is 269 g/mol. The average molecular weight is 269 g/mol. The van der Waals surface area contributed by atoms with Crippen LogP contribution in [0.3, 0.4) is 0 Å². The van der Waals surface area contributed by atoms with Gasteiger partial charge in [0.25, 0.3) is 0 Å². The summed E-state index contributed by atoms with van der Waals surface area (Å²) in [6.07, 6.45) is 3.81. The van der Waals surface area contributed by atoms with Crippen molar-refractivity contribution in [3.05, 3.63) is 36.1 Å². The van der Waals surface area contributed by atoms with Crippen LogP contribution in [-0.2, 0) is 5.41 Å².